The molecule has 0 spiro atoms. The van der Waals surface area contributed by atoms with Crippen LogP contribution in [0.15, 0.2) is 102 Å². The number of benzene rings is 3. The van der Waals surface area contributed by atoms with Crippen LogP contribution in [-0.4, -0.2) is 28.3 Å². The average Bonchev–Trinajstić information content (AvgIpc) is 3.14. The third-order valence-electron chi connectivity index (χ3n) is 5.93. The SMILES string of the molecule is CCCCOc1cccc(C2C(C(=O)C=Cc3ccccc3)=C(O)C(=O)N2Cc2ccccc2)c1. The standard InChI is InChI=1S/C30H29NO4/c1-2-3-19-35-25-16-10-15-24(20-25)28-27(26(32)18-17-22-11-6-4-7-12-22)29(33)30(34)31(28)21-23-13-8-5-9-14-23/h4-18,20,28,33H,2-3,19,21H2,1H3. The summed E-state index contributed by atoms with van der Waals surface area (Å²) in [6.07, 6.45) is 5.05. The van der Waals surface area contributed by atoms with Crippen molar-refractivity contribution in [2.45, 2.75) is 32.4 Å². The second kappa shape index (κ2) is 11.3. The van der Waals surface area contributed by atoms with Gasteiger partial charge in [-0.25, -0.2) is 0 Å². The van der Waals surface area contributed by atoms with Crippen molar-refractivity contribution in [2.24, 2.45) is 0 Å². The molecule has 0 saturated heterocycles. The number of aliphatic hydroxyl groups excluding tert-OH is 1. The normalized spacial score (nSPS) is 15.7. The first-order valence-corrected chi connectivity index (χ1v) is 11.9. The monoisotopic (exact) mass is 467 g/mol. The number of nitrogens with zero attached hydrogens (tertiary/aromatic N) is 1. The molecule has 5 heteroatoms. The first kappa shape index (κ1) is 24.0. The van der Waals surface area contributed by atoms with Gasteiger partial charge in [-0.2, -0.15) is 0 Å². The molecular weight excluding hydrogens is 438 g/mol. The summed E-state index contributed by atoms with van der Waals surface area (Å²) in [7, 11) is 0. The van der Waals surface area contributed by atoms with Crippen LogP contribution in [0.3, 0.4) is 0 Å². The predicted octanol–water partition coefficient (Wildman–Crippen LogP) is 6.04. The minimum atomic E-state index is -0.731. The lowest BCUT2D eigenvalue weighted by atomic mass is 9.95. The number of hydrogen-bond donors (Lipinski definition) is 1. The van der Waals surface area contributed by atoms with Gasteiger partial charge in [0.2, 0.25) is 0 Å². The molecule has 1 amide bonds. The number of rotatable bonds is 10. The van der Waals surface area contributed by atoms with Crippen molar-refractivity contribution >= 4 is 17.8 Å². The Balaban J connectivity index is 1.70. The first-order valence-electron chi connectivity index (χ1n) is 11.9. The molecule has 0 aliphatic carbocycles. The van der Waals surface area contributed by atoms with Gasteiger partial charge >= 0.3 is 0 Å². The van der Waals surface area contributed by atoms with E-state index >= 15 is 0 Å². The molecule has 1 aliphatic rings. The number of hydrogen-bond acceptors (Lipinski definition) is 4. The van der Waals surface area contributed by atoms with Gasteiger partial charge in [-0.1, -0.05) is 92.2 Å². The van der Waals surface area contributed by atoms with Gasteiger partial charge in [-0.15, -0.1) is 0 Å². The van der Waals surface area contributed by atoms with Gasteiger partial charge in [0, 0.05) is 6.54 Å². The smallest absolute Gasteiger partial charge is 0.290 e. The van der Waals surface area contributed by atoms with Crippen molar-refractivity contribution in [3.05, 3.63) is 119 Å². The highest BCUT2D eigenvalue weighted by Gasteiger charge is 2.43. The van der Waals surface area contributed by atoms with Crippen LogP contribution in [0, 0.1) is 0 Å². The molecule has 3 aromatic rings. The van der Waals surface area contributed by atoms with Crippen LogP contribution in [0.5, 0.6) is 5.75 Å². The molecule has 0 radical (unpaired) electrons. The predicted molar refractivity (Wildman–Crippen MR) is 137 cm³/mol. The Labute approximate surface area is 206 Å². The van der Waals surface area contributed by atoms with Gasteiger partial charge in [-0.05, 0) is 41.3 Å². The Morgan fingerprint density at radius 3 is 2.43 bits per heavy atom. The van der Waals surface area contributed by atoms with Crippen LogP contribution in [0.1, 0.15) is 42.5 Å². The van der Waals surface area contributed by atoms with Crippen LogP contribution in [0.2, 0.25) is 0 Å². The summed E-state index contributed by atoms with van der Waals surface area (Å²) in [5.41, 5.74) is 2.55. The molecule has 1 N–H and O–H groups in total. The Bertz CT molecular complexity index is 1230. The zero-order valence-corrected chi connectivity index (χ0v) is 19.8. The Morgan fingerprint density at radius 1 is 1.00 bits per heavy atom. The molecule has 0 aromatic heterocycles. The lowest BCUT2D eigenvalue weighted by Crippen LogP contribution is -2.30. The van der Waals surface area contributed by atoms with E-state index in [1.807, 2.05) is 84.9 Å². The summed E-state index contributed by atoms with van der Waals surface area (Å²) in [6.45, 7) is 2.94. The van der Waals surface area contributed by atoms with Crippen LogP contribution >= 0.6 is 0 Å². The number of amides is 1. The van der Waals surface area contributed by atoms with Crippen molar-refractivity contribution in [1.82, 2.24) is 4.90 Å². The van der Waals surface area contributed by atoms with E-state index in [-0.39, 0.29) is 12.1 Å². The van der Waals surface area contributed by atoms with Gasteiger partial charge in [0.25, 0.3) is 5.91 Å². The molecule has 3 aromatic carbocycles. The summed E-state index contributed by atoms with van der Waals surface area (Å²) in [5.74, 6) is -0.808. The molecule has 5 nitrogen and oxygen atoms in total. The highest BCUT2D eigenvalue weighted by molar-refractivity contribution is 6.14. The quantitative estimate of drug-likeness (QED) is 0.291. The maximum atomic E-state index is 13.3. The maximum absolute atomic E-state index is 13.3. The summed E-state index contributed by atoms with van der Waals surface area (Å²) >= 11 is 0. The number of aliphatic hydroxyl groups is 1. The second-order valence-electron chi connectivity index (χ2n) is 8.47. The van der Waals surface area contributed by atoms with Crippen molar-refractivity contribution in [3.8, 4) is 5.75 Å². The number of carbonyl (C=O) groups excluding carboxylic acids is 2. The van der Waals surface area contributed by atoms with E-state index in [1.165, 1.54) is 6.08 Å². The summed E-state index contributed by atoms with van der Waals surface area (Å²) in [5, 5.41) is 10.9. The zero-order chi connectivity index (χ0) is 24.6. The minimum absolute atomic E-state index is 0.0730. The molecule has 178 valence electrons. The molecule has 0 saturated carbocycles. The van der Waals surface area contributed by atoms with Crippen molar-refractivity contribution in [2.75, 3.05) is 6.61 Å². The highest BCUT2D eigenvalue weighted by Crippen LogP contribution is 2.40. The number of unbranched alkanes of at least 4 members (excludes halogenated alkanes) is 1. The average molecular weight is 468 g/mol. The van der Waals surface area contributed by atoms with Crippen molar-refractivity contribution in [3.63, 3.8) is 0 Å². The maximum Gasteiger partial charge on any atom is 0.290 e. The Kier molecular flexibility index (Phi) is 7.78. The third kappa shape index (κ3) is 5.69. The van der Waals surface area contributed by atoms with Gasteiger partial charge in [0.1, 0.15) is 5.75 Å². The number of ether oxygens (including phenoxy) is 1. The van der Waals surface area contributed by atoms with Crippen molar-refractivity contribution in [1.29, 1.82) is 0 Å². The minimum Gasteiger partial charge on any atom is -0.503 e. The largest absolute Gasteiger partial charge is 0.503 e. The van der Waals surface area contributed by atoms with Crippen molar-refractivity contribution < 1.29 is 19.4 Å². The molecule has 1 aliphatic heterocycles. The second-order valence-corrected chi connectivity index (χ2v) is 8.47. The third-order valence-corrected chi connectivity index (χ3v) is 5.93. The van der Waals surface area contributed by atoms with E-state index in [0.717, 1.165) is 24.0 Å². The van der Waals surface area contributed by atoms with E-state index < -0.39 is 23.5 Å². The summed E-state index contributed by atoms with van der Waals surface area (Å²) in [4.78, 5) is 28.1. The van der Waals surface area contributed by atoms with Crippen LogP contribution < -0.4 is 4.74 Å². The highest BCUT2D eigenvalue weighted by atomic mass is 16.5. The molecule has 0 bridgehead atoms. The lowest BCUT2D eigenvalue weighted by molar-refractivity contribution is -0.130. The molecule has 1 atom stereocenters. The van der Waals surface area contributed by atoms with Gasteiger partial charge in [0.05, 0.1) is 18.2 Å². The summed E-state index contributed by atoms with van der Waals surface area (Å²) in [6, 6.07) is 25.6. The zero-order valence-electron chi connectivity index (χ0n) is 19.8. The van der Waals surface area contributed by atoms with Crippen LogP contribution in [0.4, 0.5) is 0 Å². The summed E-state index contributed by atoms with van der Waals surface area (Å²) < 4.78 is 5.87. The van der Waals surface area contributed by atoms with E-state index in [4.69, 9.17) is 4.74 Å². The molecule has 4 rings (SSSR count). The van der Waals surface area contributed by atoms with Gasteiger partial charge < -0.3 is 14.7 Å². The van der Waals surface area contributed by atoms with Gasteiger partial charge in [0.15, 0.2) is 11.5 Å². The first-order chi connectivity index (χ1) is 17.1. The molecule has 1 heterocycles. The molecular formula is C30H29NO4. The van der Waals surface area contributed by atoms with Crippen LogP contribution in [0.25, 0.3) is 6.08 Å². The van der Waals surface area contributed by atoms with Gasteiger partial charge in [-0.3, -0.25) is 9.59 Å². The van der Waals surface area contributed by atoms with E-state index in [1.54, 1.807) is 11.0 Å². The number of ketones is 1. The van der Waals surface area contributed by atoms with E-state index in [0.29, 0.717) is 17.9 Å². The van der Waals surface area contributed by atoms with E-state index in [9.17, 15) is 14.7 Å². The fraction of sp³-hybridized carbons (Fsp3) is 0.200. The number of carbonyl (C=O) groups is 2. The molecule has 0 fully saturated rings. The number of allylic oxidation sites excluding steroid dienone is 1. The molecule has 1 unspecified atom stereocenters. The Morgan fingerprint density at radius 2 is 1.71 bits per heavy atom. The fourth-order valence-corrected chi connectivity index (χ4v) is 4.13. The fourth-order valence-electron chi connectivity index (χ4n) is 4.13. The topological polar surface area (TPSA) is 66.8 Å². The van der Waals surface area contributed by atoms with Crippen LogP contribution in [-0.2, 0) is 16.1 Å². The Hall–Kier alpha value is -4.12. The van der Waals surface area contributed by atoms with E-state index in [2.05, 4.69) is 6.92 Å². The molecule has 35 heavy (non-hydrogen) atoms. The lowest BCUT2D eigenvalue weighted by Gasteiger charge is -2.27.